The van der Waals surface area contributed by atoms with E-state index in [1.54, 1.807) is 0 Å². The van der Waals surface area contributed by atoms with Gasteiger partial charge in [0.2, 0.25) is 0 Å². The molecule has 2 nitrogen and oxygen atoms in total. The third kappa shape index (κ3) is 14.8. The zero-order valence-corrected chi connectivity index (χ0v) is 4.73. The molecule has 0 aromatic heterocycles. The van der Waals surface area contributed by atoms with Crippen LogP contribution in [-0.4, -0.2) is 5.11 Å². The van der Waals surface area contributed by atoms with Crippen LogP contribution >= 0.6 is 25.7 Å². The van der Waals surface area contributed by atoms with Gasteiger partial charge in [-0.1, -0.05) is 0 Å². The van der Waals surface area contributed by atoms with Crippen LogP contribution in [0.4, 0.5) is 0 Å². The predicted octanol–water partition coefficient (Wildman–Crippen LogP) is 0.846. The Balaban J connectivity index is 4.66. The summed E-state index contributed by atoms with van der Waals surface area (Å²) in [5.74, 6) is 0. The Hall–Kier alpha value is 0.760. The molecule has 0 aromatic rings. The van der Waals surface area contributed by atoms with Crippen molar-refractivity contribution in [1.29, 1.82) is 5.11 Å². The summed E-state index contributed by atoms with van der Waals surface area (Å²) in [6.07, 6.45) is 0. The minimum atomic E-state index is -5.03. The van der Waals surface area contributed by atoms with E-state index in [4.69, 9.17) is 8.68 Å². The molecular weight excluding hydrogens is 188 g/mol. The van der Waals surface area contributed by atoms with Crippen LogP contribution < -0.4 is 0 Å². The molecule has 0 saturated carbocycles. The van der Waals surface area contributed by atoms with Gasteiger partial charge in [-0.15, -0.1) is 0 Å². The molecule has 0 N–H and O–H groups in total. The molecule has 28 valence electrons. The van der Waals surface area contributed by atoms with Gasteiger partial charge in [-0.25, -0.2) is 0 Å². The van der Waals surface area contributed by atoms with Crippen molar-refractivity contribution in [3.63, 3.8) is 0 Å². The Kier molecular flexibility index (Phi) is 0.566. The molecule has 0 aliphatic carbocycles. The second-order valence-corrected chi connectivity index (χ2v) is 3.37. The molecule has 0 bridgehead atoms. The van der Waals surface area contributed by atoms with Crippen LogP contribution in [0.5, 0.6) is 0 Å². The standard InChI is InChI=1S/H4INOP/c2-1(3)4/h4H4/q-1/i4D4. The third-order valence-electron chi connectivity index (χ3n) is 0. The fourth-order valence-electron chi connectivity index (χ4n) is 0. The molecule has 0 aromatic carbocycles. The Morgan fingerprint density at radius 1 is 2.50 bits per heavy atom. The van der Waals surface area contributed by atoms with Gasteiger partial charge in [0, 0.05) is 0 Å². The fourth-order valence-corrected chi connectivity index (χ4v) is 0. The van der Waals surface area contributed by atoms with Crippen LogP contribution in [-0.2, 0) is 3.07 Å². The second-order valence-electron chi connectivity index (χ2n) is 0.214. The van der Waals surface area contributed by atoms with E-state index in [-0.39, 0.29) is 0 Å². The summed E-state index contributed by atoms with van der Waals surface area (Å²) < 4.78 is 43.5. The van der Waals surface area contributed by atoms with Crippen LogP contribution in [0, 0.1) is 0 Å². The first-order valence-corrected chi connectivity index (χ1v) is 5.57. The quantitative estimate of drug-likeness (QED) is 0.452. The molecule has 4 heavy (non-hydrogen) atoms. The molecule has 0 spiro atoms. The maximum absolute atomic E-state index is 9.89. The van der Waals surface area contributed by atoms with Gasteiger partial charge < -0.3 is 0 Å². The first kappa shape index (κ1) is 1.12. The zero-order chi connectivity index (χ0) is 7.02. The fraction of sp³-hybridized carbons (Fsp3) is 0. The van der Waals surface area contributed by atoms with Crippen LogP contribution in [0.25, 0.3) is 3.56 Å². The summed E-state index contributed by atoms with van der Waals surface area (Å²) in [4.78, 5) is 0. The summed E-state index contributed by atoms with van der Waals surface area (Å²) in [5, 5.41) is 0. The number of hydrogen-bond acceptors (Lipinski definition) is 1. The van der Waals surface area contributed by atoms with Crippen molar-refractivity contribution in [3.8, 4) is 0 Å². The topological polar surface area (TPSA) is 39.4 Å². The van der Waals surface area contributed by atoms with Crippen LogP contribution in [0.3, 0.4) is 0 Å². The third-order valence-corrected chi connectivity index (χ3v) is 0. The Morgan fingerprint density at radius 3 is 2.75 bits per heavy atom. The van der Waals surface area contributed by atoms with Gasteiger partial charge in [0.05, 0.1) is 0 Å². The first-order chi connectivity index (χ1) is 3.20. The molecule has 0 aliphatic heterocycles. The van der Waals surface area contributed by atoms with Crippen molar-refractivity contribution < 1.29 is 3.07 Å². The van der Waals surface area contributed by atoms with Gasteiger partial charge in [0.25, 0.3) is 0 Å². The normalized spacial score (nSPS) is 36.8. The summed E-state index contributed by atoms with van der Waals surface area (Å²) >= 11 is -4.08. The second kappa shape index (κ2) is 2.03. The van der Waals surface area contributed by atoms with Crippen LogP contribution in [0.2, 0.25) is 0 Å². The molecule has 0 amide bonds. The van der Waals surface area contributed by atoms with E-state index in [9.17, 15) is 3.07 Å². The molecule has 0 aliphatic rings. The molecule has 0 saturated heterocycles. The van der Waals surface area contributed by atoms with Gasteiger partial charge in [0.15, 0.2) is 0 Å². The van der Waals surface area contributed by atoms with E-state index in [2.05, 4.69) is 0 Å². The van der Waals surface area contributed by atoms with Gasteiger partial charge in [0.1, 0.15) is 0 Å². The van der Waals surface area contributed by atoms with Gasteiger partial charge in [-0.3, -0.25) is 0 Å². The summed E-state index contributed by atoms with van der Waals surface area (Å²) in [5.41, 5.74) is 0. The molecular formula is H4INOP-. The molecule has 0 unspecified atom stereocenters. The molecule has 0 atom stereocenters. The Bertz CT molecular complexity index is 147. The molecule has 4 heteroatoms. The van der Waals surface area contributed by atoms with Crippen molar-refractivity contribution >= 4 is 25.7 Å². The maximum atomic E-state index is 9.89. The van der Waals surface area contributed by atoms with Gasteiger partial charge in [-0.2, -0.15) is 0 Å². The van der Waals surface area contributed by atoms with Gasteiger partial charge in [-0.05, 0) is 0 Å². The molecule has 0 radical (unpaired) electrons. The van der Waals surface area contributed by atoms with E-state index < -0.39 is 25.7 Å². The molecule has 0 heterocycles. The Labute approximate surface area is 38.1 Å². The van der Waals surface area contributed by atoms with Gasteiger partial charge >= 0.3 is 37.5 Å². The average molecular weight is 196 g/mol. The van der Waals surface area contributed by atoms with Crippen molar-refractivity contribution in [1.82, 2.24) is 0 Å². The van der Waals surface area contributed by atoms with E-state index in [1.807, 2.05) is 0 Å². The van der Waals surface area contributed by atoms with E-state index >= 15 is 0 Å². The minimum absolute atomic E-state index is 4.08. The van der Waals surface area contributed by atoms with Crippen molar-refractivity contribution in [2.75, 3.05) is 0 Å². The predicted molar refractivity (Wildman–Crippen MR) is 30.6 cm³/mol. The zero-order valence-electron chi connectivity index (χ0n) is 5.68. The molecule has 0 fully saturated rings. The average Bonchev–Trinajstić information content (AvgIpc) is 1.27. The number of halogens is 1. The van der Waals surface area contributed by atoms with Crippen molar-refractivity contribution in [3.05, 3.63) is 3.56 Å². The van der Waals surface area contributed by atoms with E-state index in [0.29, 0.717) is 0 Å². The Morgan fingerprint density at radius 2 is 2.75 bits per heavy atom. The number of rotatable bonds is 1. The number of hydrogen-bond donors (Lipinski definition) is 0. The summed E-state index contributed by atoms with van der Waals surface area (Å²) in [6.45, 7) is -5.03. The first-order valence-electron chi connectivity index (χ1n) is 2.28. The monoisotopic (exact) mass is 196 g/mol. The van der Waals surface area contributed by atoms with E-state index in [1.165, 1.54) is 0 Å². The molecule has 0 rings (SSSR count). The van der Waals surface area contributed by atoms with Crippen molar-refractivity contribution in [2.24, 2.45) is 0 Å². The number of nitrogens with zero attached hydrogens (tertiary/aromatic N) is 1. The van der Waals surface area contributed by atoms with Crippen LogP contribution in [0.1, 0.15) is 0 Å². The van der Waals surface area contributed by atoms with Crippen LogP contribution in [0.15, 0.2) is 0 Å². The van der Waals surface area contributed by atoms with Crippen molar-refractivity contribution in [2.45, 2.75) is 0 Å². The SMILES string of the molecule is [2H]P([2H])([2H])([2H])I(=[N-])=O. The summed E-state index contributed by atoms with van der Waals surface area (Å²) in [7, 11) is 0. The van der Waals surface area contributed by atoms with E-state index in [0.717, 1.165) is 0 Å². The summed E-state index contributed by atoms with van der Waals surface area (Å²) in [6, 6.07) is 0.